The van der Waals surface area contributed by atoms with E-state index in [4.69, 9.17) is 0 Å². The van der Waals surface area contributed by atoms with E-state index in [1.807, 2.05) is 0 Å². The number of benzene rings is 1. The van der Waals surface area contributed by atoms with E-state index in [-0.39, 0.29) is 0 Å². The monoisotopic (exact) mass is 272 g/mol. The topological polar surface area (TPSA) is 17.1 Å². The highest BCUT2D eigenvalue weighted by molar-refractivity contribution is 5.83. The SMILES string of the molecule is Cc1ccc(C)c(CC(=O)C2CCC(C(C)C)CC2)c1. The van der Waals surface area contributed by atoms with E-state index in [1.165, 1.54) is 29.5 Å². The zero-order valence-electron chi connectivity index (χ0n) is 13.4. The Hall–Kier alpha value is -1.11. The van der Waals surface area contributed by atoms with Gasteiger partial charge in [-0.3, -0.25) is 4.79 Å². The normalized spacial score (nSPS) is 23.1. The maximum absolute atomic E-state index is 12.5. The van der Waals surface area contributed by atoms with E-state index in [9.17, 15) is 4.79 Å². The molecule has 1 aliphatic carbocycles. The molecule has 110 valence electrons. The average Bonchev–Trinajstić information content (AvgIpc) is 2.43. The third-order valence-electron chi connectivity index (χ3n) is 5.04. The molecule has 0 heterocycles. The van der Waals surface area contributed by atoms with Gasteiger partial charge in [0.15, 0.2) is 0 Å². The van der Waals surface area contributed by atoms with Gasteiger partial charge in [0.2, 0.25) is 0 Å². The van der Waals surface area contributed by atoms with Crippen LogP contribution >= 0.6 is 0 Å². The van der Waals surface area contributed by atoms with Crippen molar-refractivity contribution in [1.29, 1.82) is 0 Å². The summed E-state index contributed by atoms with van der Waals surface area (Å²) >= 11 is 0. The number of hydrogen-bond acceptors (Lipinski definition) is 1. The predicted molar refractivity (Wildman–Crippen MR) is 84.9 cm³/mol. The van der Waals surface area contributed by atoms with Crippen LogP contribution in [-0.2, 0) is 11.2 Å². The van der Waals surface area contributed by atoms with Crippen LogP contribution in [0.15, 0.2) is 18.2 Å². The van der Waals surface area contributed by atoms with E-state index in [1.54, 1.807) is 0 Å². The summed E-state index contributed by atoms with van der Waals surface area (Å²) in [5, 5.41) is 0. The Bertz CT molecular complexity index is 465. The summed E-state index contributed by atoms with van der Waals surface area (Å²) in [6.07, 6.45) is 5.31. The van der Waals surface area contributed by atoms with E-state index < -0.39 is 0 Å². The second kappa shape index (κ2) is 6.56. The maximum atomic E-state index is 12.5. The van der Waals surface area contributed by atoms with Gasteiger partial charge in [0.25, 0.3) is 0 Å². The highest BCUT2D eigenvalue weighted by Crippen LogP contribution is 2.34. The molecule has 20 heavy (non-hydrogen) atoms. The number of Topliss-reactive ketones (excluding diaryl/α,β-unsaturated/α-hetero) is 1. The van der Waals surface area contributed by atoms with Crippen molar-refractivity contribution in [1.82, 2.24) is 0 Å². The van der Waals surface area contributed by atoms with Crippen molar-refractivity contribution in [2.45, 2.75) is 59.8 Å². The van der Waals surface area contributed by atoms with Gasteiger partial charge in [-0.1, -0.05) is 37.6 Å². The summed E-state index contributed by atoms with van der Waals surface area (Å²) in [6, 6.07) is 6.43. The van der Waals surface area contributed by atoms with E-state index in [0.29, 0.717) is 18.1 Å². The second-order valence-corrected chi connectivity index (χ2v) is 6.93. The fraction of sp³-hybridized carbons (Fsp3) is 0.632. The molecule has 0 aromatic heterocycles. The first-order valence-electron chi connectivity index (χ1n) is 8.06. The lowest BCUT2D eigenvalue weighted by molar-refractivity contribution is -0.123. The zero-order valence-corrected chi connectivity index (χ0v) is 13.4. The summed E-state index contributed by atoms with van der Waals surface area (Å²) in [5.41, 5.74) is 3.72. The van der Waals surface area contributed by atoms with E-state index in [2.05, 4.69) is 45.9 Å². The number of carbonyl (C=O) groups is 1. The molecule has 0 amide bonds. The van der Waals surface area contributed by atoms with Gasteiger partial charge >= 0.3 is 0 Å². The molecular formula is C19H28O. The van der Waals surface area contributed by atoms with Crippen molar-refractivity contribution in [2.75, 3.05) is 0 Å². The molecule has 1 fully saturated rings. The van der Waals surface area contributed by atoms with Crippen LogP contribution in [0.2, 0.25) is 0 Å². The summed E-state index contributed by atoms with van der Waals surface area (Å²) in [4.78, 5) is 12.5. The number of aryl methyl sites for hydroxylation is 2. The second-order valence-electron chi connectivity index (χ2n) is 6.93. The molecule has 1 heteroatoms. The van der Waals surface area contributed by atoms with E-state index in [0.717, 1.165) is 24.7 Å². The van der Waals surface area contributed by atoms with Crippen LogP contribution in [0.3, 0.4) is 0 Å². The van der Waals surface area contributed by atoms with Crippen molar-refractivity contribution in [2.24, 2.45) is 17.8 Å². The molecule has 0 radical (unpaired) electrons. The van der Waals surface area contributed by atoms with Crippen molar-refractivity contribution in [3.05, 3.63) is 34.9 Å². The van der Waals surface area contributed by atoms with Crippen molar-refractivity contribution in [3.63, 3.8) is 0 Å². The zero-order chi connectivity index (χ0) is 14.7. The van der Waals surface area contributed by atoms with Gasteiger partial charge in [-0.2, -0.15) is 0 Å². The molecular weight excluding hydrogens is 244 g/mol. The number of hydrogen-bond donors (Lipinski definition) is 0. The lowest BCUT2D eigenvalue weighted by atomic mass is 9.75. The average molecular weight is 272 g/mol. The molecule has 2 rings (SSSR count). The Kier molecular flexibility index (Phi) is 5.01. The standard InChI is InChI=1S/C19H28O/c1-13(2)16-7-9-17(10-8-16)19(20)12-18-11-14(3)5-6-15(18)4/h5-6,11,13,16-17H,7-10,12H2,1-4H3. The molecule has 1 aliphatic rings. The third-order valence-corrected chi connectivity index (χ3v) is 5.04. The molecule has 0 spiro atoms. The quantitative estimate of drug-likeness (QED) is 0.763. The molecule has 0 unspecified atom stereocenters. The van der Waals surface area contributed by atoms with Crippen LogP contribution in [0.4, 0.5) is 0 Å². The summed E-state index contributed by atoms with van der Waals surface area (Å²) in [5.74, 6) is 2.37. The van der Waals surface area contributed by atoms with Crippen LogP contribution in [0.5, 0.6) is 0 Å². The fourth-order valence-corrected chi connectivity index (χ4v) is 3.43. The molecule has 0 bridgehead atoms. The first kappa shape index (κ1) is 15.3. The van der Waals surface area contributed by atoms with Crippen LogP contribution in [-0.4, -0.2) is 5.78 Å². The van der Waals surface area contributed by atoms with Gasteiger partial charge in [-0.25, -0.2) is 0 Å². The van der Waals surface area contributed by atoms with Crippen molar-refractivity contribution in [3.8, 4) is 0 Å². The minimum atomic E-state index is 0.310. The minimum Gasteiger partial charge on any atom is -0.299 e. The summed E-state index contributed by atoms with van der Waals surface area (Å²) in [7, 11) is 0. The molecule has 1 nitrogen and oxygen atoms in total. The molecule has 1 aromatic carbocycles. The molecule has 1 saturated carbocycles. The molecule has 1 aromatic rings. The highest BCUT2D eigenvalue weighted by atomic mass is 16.1. The first-order valence-corrected chi connectivity index (χ1v) is 8.06. The maximum Gasteiger partial charge on any atom is 0.140 e. The predicted octanol–water partition coefficient (Wildman–Crippen LogP) is 4.88. The van der Waals surface area contributed by atoms with E-state index >= 15 is 0 Å². The van der Waals surface area contributed by atoms with Crippen molar-refractivity contribution < 1.29 is 4.79 Å². The Balaban J connectivity index is 1.94. The first-order chi connectivity index (χ1) is 9.47. The van der Waals surface area contributed by atoms with Crippen LogP contribution in [0.1, 0.15) is 56.2 Å². The minimum absolute atomic E-state index is 0.310. The Morgan fingerprint density at radius 3 is 2.40 bits per heavy atom. The molecule has 0 aliphatic heterocycles. The molecule has 0 N–H and O–H groups in total. The van der Waals surface area contributed by atoms with Crippen LogP contribution in [0, 0.1) is 31.6 Å². The highest BCUT2D eigenvalue weighted by Gasteiger charge is 2.27. The fourth-order valence-electron chi connectivity index (χ4n) is 3.43. The Morgan fingerprint density at radius 2 is 1.80 bits per heavy atom. The molecule has 0 atom stereocenters. The number of carbonyl (C=O) groups excluding carboxylic acids is 1. The van der Waals surface area contributed by atoms with Gasteiger partial charge in [0.05, 0.1) is 0 Å². The smallest absolute Gasteiger partial charge is 0.140 e. The van der Waals surface area contributed by atoms with Crippen LogP contribution < -0.4 is 0 Å². The van der Waals surface area contributed by atoms with Gasteiger partial charge in [0, 0.05) is 12.3 Å². The third kappa shape index (κ3) is 3.71. The summed E-state index contributed by atoms with van der Waals surface area (Å²) in [6.45, 7) is 8.82. The van der Waals surface area contributed by atoms with Gasteiger partial charge in [0.1, 0.15) is 5.78 Å². The number of rotatable bonds is 4. The van der Waals surface area contributed by atoms with Gasteiger partial charge < -0.3 is 0 Å². The lowest BCUT2D eigenvalue weighted by Gasteiger charge is -2.30. The Labute approximate surface area is 123 Å². The summed E-state index contributed by atoms with van der Waals surface area (Å²) < 4.78 is 0. The molecule has 0 saturated heterocycles. The van der Waals surface area contributed by atoms with Gasteiger partial charge in [-0.05, 0) is 62.5 Å². The van der Waals surface area contributed by atoms with Gasteiger partial charge in [-0.15, -0.1) is 0 Å². The lowest BCUT2D eigenvalue weighted by Crippen LogP contribution is -2.25. The Morgan fingerprint density at radius 1 is 1.15 bits per heavy atom. The number of ketones is 1. The van der Waals surface area contributed by atoms with Crippen LogP contribution in [0.25, 0.3) is 0 Å². The largest absolute Gasteiger partial charge is 0.299 e. The van der Waals surface area contributed by atoms with Crippen molar-refractivity contribution >= 4 is 5.78 Å².